The summed E-state index contributed by atoms with van der Waals surface area (Å²) < 4.78 is 6.38. The van der Waals surface area contributed by atoms with Crippen molar-refractivity contribution in [1.82, 2.24) is 10.5 Å². The van der Waals surface area contributed by atoms with Crippen molar-refractivity contribution in [1.29, 1.82) is 0 Å². The van der Waals surface area contributed by atoms with Crippen LogP contribution < -0.4 is 5.32 Å². The molecule has 0 aliphatic rings. The van der Waals surface area contributed by atoms with E-state index >= 15 is 0 Å². The molecule has 5 heteroatoms. The number of hydrogen-bond acceptors (Lipinski definition) is 4. The number of nitrogens with zero attached hydrogens (tertiary/aromatic N) is 1. The Kier molecular flexibility index (Phi) is 4.25. The Morgan fingerprint density at radius 2 is 2.00 bits per heavy atom. The van der Waals surface area contributed by atoms with Gasteiger partial charge in [-0.3, -0.25) is 0 Å². The van der Waals surface area contributed by atoms with Crippen LogP contribution in [0.5, 0.6) is 0 Å². The van der Waals surface area contributed by atoms with Gasteiger partial charge in [0.1, 0.15) is 5.76 Å². The molecule has 0 saturated heterocycles. The molecule has 0 spiro atoms. The minimum Gasteiger partial charge on any atom is -0.361 e. The monoisotopic (exact) mass is 328 g/mol. The zero-order chi connectivity index (χ0) is 13.3. The highest BCUT2D eigenvalue weighted by Crippen LogP contribution is 2.29. The van der Waals surface area contributed by atoms with Gasteiger partial charge in [-0.25, -0.2) is 0 Å². The van der Waals surface area contributed by atoms with Crippen LogP contribution in [0.1, 0.15) is 47.8 Å². The standard InChI is InChI=1S/C13H17BrN2OS/c1-7(11-5-6-12(14)18-11)15-8(2)13-9(3)16-17-10(13)4/h5-8,15H,1-4H3. The lowest BCUT2D eigenvalue weighted by molar-refractivity contribution is 0.389. The van der Waals surface area contributed by atoms with Crippen molar-refractivity contribution in [3.8, 4) is 0 Å². The van der Waals surface area contributed by atoms with E-state index in [1.807, 2.05) is 13.8 Å². The molecule has 1 N–H and O–H groups in total. The first-order valence-corrected chi connectivity index (χ1v) is 7.54. The molecule has 0 aliphatic heterocycles. The van der Waals surface area contributed by atoms with Crippen molar-refractivity contribution in [2.45, 2.75) is 39.8 Å². The van der Waals surface area contributed by atoms with Crippen LogP contribution in [0, 0.1) is 13.8 Å². The van der Waals surface area contributed by atoms with E-state index < -0.39 is 0 Å². The van der Waals surface area contributed by atoms with Gasteiger partial charge in [0.25, 0.3) is 0 Å². The maximum absolute atomic E-state index is 5.21. The predicted molar refractivity (Wildman–Crippen MR) is 78.0 cm³/mol. The number of rotatable bonds is 4. The molecular weight excluding hydrogens is 312 g/mol. The highest BCUT2D eigenvalue weighted by Gasteiger charge is 2.19. The van der Waals surface area contributed by atoms with E-state index in [0.29, 0.717) is 6.04 Å². The molecule has 3 nitrogen and oxygen atoms in total. The molecule has 0 bridgehead atoms. The molecule has 2 heterocycles. The van der Waals surface area contributed by atoms with Crippen LogP contribution in [0.25, 0.3) is 0 Å². The lowest BCUT2D eigenvalue weighted by atomic mass is 10.1. The highest BCUT2D eigenvalue weighted by molar-refractivity contribution is 9.11. The fraction of sp³-hybridized carbons (Fsp3) is 0.462. The van der Waals surface area contributed by atoms with Crippen LogP contribution in [-0.2, 0) is 0 Å². The molecule has 18 heavy (non-hydrogen) atoms. The summed E-state index contributed by atoms with van der Waals surface area (Å²) in [4.78, 5) is 1.32. The molecule has 2 aromatic rings. The Morgan fingerprint density at radius 3 is 2.50 bits per heavy atom. The Bertz CT molecular complexity index is 515. The minimum absolute atomic E-state index is 0.229. The summed E-state index contributed by atoms with van der Waals surface area (Å²) in [5, 5.41) is 7.58. The summed E-state index contributed by atoms with van der Waals surface area (Å²) in [6.45, 7) is 8.26. The third-order valence-corrected chi connectivity index (χ3v) is 4.85. The Labute approximate surface area is 120 Å². The second-order valence-corrected chi connectivity index (χ2v) is 6.98. The van der Waals surface area contributed by atoms with Crippen molar-refractivity contribution in [2.24, 2.45) is 0 Å². The van der Waals surface area contributed by atoms with Gasteiger partial charge < -0.3 is 9.84 Å². The second kappa shape index (κ2) is 5.55. The van der Waals surface area contributed by atoms with Gasteiger partial charge in [-0.05, 0) is 55.8 Å². The average molecular weight is 329 g/mol. The van der Waals surface area contributed by atoms with Crippen LogP contribution in [-0.4, -0.2) is 5.16 Å². The zero-order valence-corrected chi connectivity index (χ0v) is 13.4. The molecule has 2 rings (SSSR count). The molecular formula is C13H17BrN2OS. The Hall–Kier alpha value is -0.650. The third-order valence-electron chi connectivity index (χ3n) is 3.04. The van der Waals surface area contributed by atoms with Gasteiger partial charge in [-0.15, -0.1) is 11.3 Å². The first-order chi connectivity index (χ1) is 8.49. The SMILES string of the molecule is Cc1noc(C)c1C(C)NC(C)c1ccc(Br)s1. The topological polar surface area (TPSA) is 38.1 Å². The van der Waals surface area contributed by atoms with Gasteiger partial charge in [0.2, 0.25) is 0 Å². The molecule has 2 atom stereocenters. The Morgan fingerprint density at radius 1 is 1.28 bits per heavy atom. The number of thiophene rings is 1. The van der Waals surface area contributed by atoms with Crippen molar-refractivity contribution < 1.29 is 4.52 Å². The fourth-order valence-corrected chi connectivity index (χ4v) is 3.64. The molecule has 0 aromatic carbocycles. The first kappa shape index (κ1) is 13.8. The van der Waals surface area contributed by atoms with E-state index in [1.165, 1.54) is 4.88 Å². The lowest BCUT2D eigenvalue weighted by Crippen LogP contribution is -2.22. The maximum atomic E-state index is 5.21. The van der Waals surface area contributed by atoms with Crippen LogP contribution in [0.3, 0.4) is 0 Å². The van der Waals surface area contributed by atoms with Crippen LogP contribution >= 0.6 is 27.3 Å². The van der Waals surface area contributed by atoms with Crippen LogP contribution in [0.15, 0.2) is 20.4 Å². The zero-order valence-electron chi connectivity index (χ0n) is 11.0. The van der Waals surface area contributed by atoms with Gasteiger partial charge in [-0.1, -0.05) is 5.16 Å². The number of hydrogen-bond donors (Lipinski definition) is 1. The summed E-state index contributed by atoms with van der Waals surface area (Å²) in [5.41, 5.74) is 2.13. The Balaban J connectivity index is 2.10. The lowest BCUT2D eigenvalue weighted by Gasteiger charge is -2.19. The molecule has 0 fully saturated rings. The minimum atomic E-state index is 0.229. The summed E-state index contributed by atoms with van der Waals surface area (Å²) in [5.74, 6) is 0.895. The van der Waals surface area contributed by atoms with Gasteiger partial charge in [0.05, 0.1) is 9.48 Å². The molecule has 2 unspecified atom stereocenters. The maximum Gasteiger partial charge on any atom is 0.138 e. The van der Waals surface area contributed by atoms with Crippen molar-refractivity contribution >= 4 is 27.3 Å². The predicted octanol–water partition coefficient (Wildman–Crippen LogP) is 4.53. The number of aromatic nitrogens is 1. The highest BCUT2D eigenvalue weighted by atomic mass is 79.9. The molecule has 0 amide bonds. The molecule has 98 valence electrons. The first-order valence-electron chi connectivity index (χ1n) is 5.93. The average Bonchev–Trinajstić information content (AvgIpc) is 2.85. The van der Waals surface area contributed by atoms with E-state index in [2.05, 4.69) is 52.4 Å². The van der Waals surface area contributed by atoms with Gasteiger partial charge in [-0.2, -0.15) is 0 Å². The van der Waals surface area contributed by atoms with E-state index in [-0.39, 0.29) is 6.04 Å². The van der Waals surface area contributed by atoms with Gasteiger partial charge >= 0.3 is 0 Å². The number of nitrogens with one attached hydrogen (secondary N) is 1. The van der Waals surface area contributed by atoms with Crippen LogP contribution in [0.4, 0.5) is 0 Å². The van der Waals surface area contributed by atoms with Crippen LogP contribution in [0.2, 0.25) is 0 Å². The summed E-state index contributed by atoms with van der Waals surface area (Å²) in [7, 11) is 0. The number of aryl methyl sites for hydroxylation is 2. The van der Waals surface area contributed by atoms with Gasteiger partial charge in [0.15, 0.2) is 0 Å². The smallest absolute Gasteiger partial charge is 0.138 e. The van der Waals surface area contributed by atoms with E-state index in [9.17, 15) is 0 Å². The normalized spacial score (nSPS) is 14.7. The summed E-state index contributed by atoms with van der Waals surface area (Å²) >= 11 is 5.25. The van der Waals surface area contributed by atoms with E-state index in [0.717, 1.165) is 20.8 Å². The second-order valence-electron chi connectivity index (χ2n) is 4.49. The van der Waals surface area contributed by atoms with Gasteiger partial charge in [0, 0.05) is 22.5 Å². The number of halogens is 1. The van der Waals surface area contributed by atoms with E-state index in [4.69, 9.17) is 4.52 Å². The fourth-order valence-electron chi connectivity index (χ4n) is 2.21. The largest absolute Gasteiger partial charge is 0.361 e. The summed E-state index contributed by atoms with van der Waals surface area (Å²) in [6.07, 6.45) is 0. The van der Waals surface area contributed by atoms with Crippen molar-refractivity contribution in [3.63, 3.8) is 0 Å². The molecule has 0 aliphatic carbocycles. The van der Waals surface area contributed by atoms with Crippen molar-refractivity contribution in [2.75, 3.05) is 0 Å². The molecule has 0 radical (unpaired) electrons. The molecule has 2 aromatic heterocycles. The third kappa shape index (κ3) is 2.84. The summed E-state index contributed by atoms with van der Waals surface area (Å²) in [6, 6.07) is 4.77. The molecule has 0 saturated carbocycles. The van der Waals surface area contributed by atoms with Crippen molar-refractivity contribution in [3.05, 3.63) is 37.8 Å². The van der Waals surface area contributed by atoms with E-state index in [1.54, 1.807) is 11.3 Å². The quantitative estimate of drug-likeness (QED) is 0.896.